The number of hydrogen-bond acceptors (Lipinski definition) is 3. The molecule has 0 spiro atoms. The molecule has 4 fully saturated rings. The van der Waals surface area contributed by atoms with E-state index in [0.717, 1.165) is 23.7 Å². The Balaban J connectivity index is 1.25. The number of allylic oxidation sites excluding steroid dienone is 3. The Morgan fingerprint density at radius 1 is 0.884 bits per heavy atom. The fourth-order valence-corrected chi connectivity index (χ4v) is 13.0. The zero-order valence-electron chi connectivity index (χ0n) is 27.7. The molecule has 5 aliphatic carbocycles. The molecule has 2 aromatic rings. The summed E-state index contributed by atoms with van der Waals surface area (Å²) in [5, 5.41) is 7.72. The van der Waals surface area contributed by atoms with E-state index >= 15 is 0 Å². The minimum Gasteiger partial charge on any atom is -0.295 e. The normalized spacial score (nSPS) is 43.0. The predicted molar refractivity (Wildman–Crippen MR) is 174 cm³/mol. The van der Waals surface area contributed by atoms with Crippen molar-refractivity contribution in [2.24, 2.45) is 51.2 Å². The quantitative estimate of drug-likeness (QED) is 0.290. The Hall–Kier alpha value is -2.49. The van der Waals surface area contributed by atoms with Gasteiger partial charge in [0.25, 0.3) is 0 Å². The van der Waals surface area contributed by atoms with E-state index in [1.54, 1.807) is 13.3 Å². The van der Waals surface area contributed by atoms with Crippen molar-refractivity contribution in [3.8, 4) is 0 Å². The molecule has 0 aliphatic heterocycles. The molecule has 0 radical (unpaired) electrons. The molecule has 230 valence electrons. The van der Waals surface area contributed by atoms with Crippen LogP contribution in [0, 0.1) is 51.2 Å². The van der Waals surface area contributed by atoms with Crippen molar-refractivity contribution in [2.45, 2.75) is 112 Å². The van der Waals surface area contributed by atoms with Crippen LogP contribution in [0.2, 0.25) is 0 Å². The van der Waals surface area contributed by atoms with E-state index in [-0.39, 0.29) is 22.0 Å². The molecule has 1 aromatic heterocycles. The van der Waals surface area contributed by atoms with E-state index in [2.05, 4.69) is 76.5 Å². The Labute approximate surface area is 259 Å². The zero-order valence-corrected chi connectivity index (χ0v) is 27.7. The summed E-state index contributed by atoms with van der Waals surface area (Å²) in [7, 11) is 0. The second kappa shape index (κ2) is 9.51. The summed E-state index contributed by atoms with van der Waals surface area (Å²) in [5.74, 6) is 4.53. The van der Waals surface area contributed by atoms with Crippen LogP contribution in [0.1, 0.15) is 128 Å². The predicted octanol–water partition coefficient (Wildman–Crippen LogP) is 9.61. The van der Waals surface area contributed by atoms with Crippen LogP contribution in [0.25, 0.3) is 5.57 Å². The van der Waals surface area contributed by atoms with Crippen LogP contribution in [0.4, 0.5) is 0 Å². The zero-order chi connectivity index (χ0) is 30.6. The lowest BCUT2D eigenvalue weighted by Crippen LogP contribution is -2.65. The van der Waals surface area contributed by atoms with Crippen molar-refractivity contribution < 1.29 is 4.79 Å². The highest BCUT2D eigenvalue weighted by Crippen LogP contribution is 2.77. The monoisotopic (exact) mass is 579 g/mol. The molecule has 43 heavy (non-hydrogen) atoms. The maximum Gasteiger partial charge on any atom is 0.159 e. The van der Waals surface area contributed by atoms with Crippen molar-refractivity contribution in [3.63, 3.8) is 0 Å². The SMILES string of the molecule is C=C(C)[C@@H]1CC[C@]2(c3ncn[nH]3)CC[C@]3(C)[C@H](CC[C@@H]4[C@@]5(C)CC=C(c6ccc(C(C)=O)cc6)C(C)(C)[C@@H]5CC[C@]43C)[C@@H]12. The second-order valence-corrected chi connectivity index (χ2v) is 16.9. The summed E-state index contributed by atoms with van der Waals surface area (Å²) in [6.07, 6.45) is 15.7. The van der Waals surface area contributed by atoms with Crippen LogP contribution in [-0.2, 0) is 5.41 Å². The minimum absolute atomic E-state index is 0.0916. The highest BCUT2D eigenvalue weighted by atomic mass is 16.1. The second-order valence-electron chi connectivity index (χ2n) is 16.9. The topological polar surface area (TPSA) is 58.6 Å². The summed E-state index contributed by atoms with van der Waals surface area (Å²) in [4.78, 5) is 16.8. The summed E-state index contributed by atoms with van der Waals surface area (Å²) < 4.78 is 0. The molecular weight excluding hydrogens is 526 g/mol. The number of hydrogen-bond donors (Lipinski definition) is 1. The lowest BCUT2D eigenvalue weighted by Gasteiger charge is -2.72. The van der Waals surface area contributed by atoms with Gasteiger partial charge in [-0.2, -0.15) is 5.10 Å². The first kappa shape index (κ1) is 29.2. The van der Waals surface area contributed by atoms with E-state index < -0.39 is 0 Å². The highest BCUT2D eigenvalue weighted by Gasteiger charge is 2.71. The van der Waals surface area contributed by atoms with Gasteiger partial charge in [0.2, 0.25) is 0 Å². The summed E-state index contributed by atoms with van der Waals surface area (Å²) >= 11 is 0. The first-order valence-corrected chi connectivity index (χ1v) is 17.1. The number of aromatic amines is 1. The number of benzene rings is 1. The number of carbonyl (C=O) groups is 1. The number of Topliss-reactive ketones (excluding diaryl/α,β-unsaturated/α-hetero) is 1. The van der Waals surface area contributed by atoms with Gasteiger partial charge >= 0.3 is 0 Å². The van der Waals surface area contributed by atoms with Gasteiger partial charge in [-0.3, -0.25) is 9.89 Å². The number of ketones is 1. The minimum atomic E-state index is 0.0916. The maximum absolute atomic E-state index is 11.9. The number of carbonyl (C=O) groups excluding carboxylic acids is 1. The van der Waals surface area contributed by atoms with Crippen LogP contribution < -0.4 is 0 Å². The van der Waals surface area contributed by atoms with E-state index in [0.29, 0.717) is 34.5 Å². The smallest absolute Gasteiger partial charge is 0.159 e. The van der Waals surface area contributed by atoms with Gasteiger partial charge in [-0.05, 0) is 134 Å². The molecule has 0 saturated heterocycles. The van der Waals surface area contributed by atoms with Crippen molar-refractivity contribution >= 4 is 11.4 Å². The van der Waals surface area contributed by atoms with Gasteiger partial charge in [-0.1, -0.05) is 77.1 Å². The van der Waals surface area contributed by atoms with Crippen LogP contribution in [0.5, 0.6) is 0 Å². The molecule has 0 bridgehead atoms. The standard InChI is InChI=1S/C39H53N3O/c1-24(2)28-15-20-39(34-40-23-41-42-34)22-21-37(7)30(33(28)39)13-14-32-36(6)18-16-29(27-11-9-26(10-12-27)25(3)43)35(4,5)31(36)17-19-38(32,37)8/h9-12,16,23,28,30-33H,1,13-15,17-22H2,2-8H3,(H,40,41,42)/t28-,30+,31-,32+,33+,36-,37+,38+,39-/m0/s1. The van der Waals surface area contributed by atoms with E-state index in [1.807, 2.05) is 12.1 Å². The first-order chi connectivity index (χ1) is 20.3. The van der Waals surface area contributed by atoms with E-state index in [4.69, 9.17) is 4.98 Å². The molecule has 1 aromatic carbocycles. The average molecular weight is 580 g/mol. The molecule has 4 nitrogen and oxygen atoms in total. The molecular formula is C39H53N3O. The summed E-state index contributed by atoms with van der Waals surface area (Å²) in [5.41, 5.74) is 6.09. The maximum atomic E-state index is 11.9. The Morgan fingerprint density at radius 3 is 2.28 bits per heavy atom. The van der Waals surface area contributed by atoms with Gasteiger partial charge in [0.1, 0.15) is 12.2 Å². The molecule has 9 atom stereocenters. The Kier molecular flexibility index (Phi) is 6.46. The number of aromatic nitrogens is 3. The van der Waals surface area contributed by atoms with Crippen molar-refractivity contribution in [3.05, 3.63) is 65.8 Å². The number of nitrogens with one attached hydrogen (secondary N) is 1. The number of rotatable bonds is 4. The van der Waals surface area contributed by atoms with Gasteiger partial charge in [0.05, 0.1) is 0 Å². The fourth-order valence-electron chi connectivity index (χ4n) is 13.0. The number of H-pyrrole nitrogens is 1. The van der Waals surface area contributed by atoms with E-state index in [9.17, 15) is 4.79 Å². The van der Waals surface area contributed by atoms with Crippen LogP contribution in [-0.4, -0.2) is 21.0 Å². The molecule has 1 heterocycles. The van der Waals surface area contributed by atoms with Gasteiger partial charge in [0.15, 0.2) is 5.78 Å². The lowest BCUT2D eigenvalue weighted by molar-refractivity contribution is -0.218. The van der Waals surface area contributed by atoms with Crippen LogP contribution in [0.15, 0.2) is 48.8 Å². The first-order valence-electron chi connectivity index (χ1n) is 17.1. The molecule has 1 N–H and O–H groups in total. The molecule has 4 heteroatoms. The summed E-state index contributed by atoms with van der Waals surface area (Å²) in [6.45, 7) is 21.6. The van der Waals surface area contributed by atoms with Gasteiger partial charge in [-0.15, -0.1) is 0 Å². The van der Waals surface area contributed by atoms with Gasteiger partial charge in [-0.25, -0.2) is 4.98 Å². The number of nitrogens with zero attached hydrogens (tertiary/aromatic N) is 2. The van der Waals surface area contributed by atoms with Crippen molar-refractivity contribution in [1.29, 1.82) is 0 Å². The molecule has 0 amide bonds. The lowest BCUT2D eigenvalue weighted by atomic mass is 9.32. The van der Waals surface area contributed by atoms with Crippen LogP contribution in [0.3, 0.4) is 0 Å². The fraction of sp³-hybridized carbons (Fsp3) is 0.667. The largest absolute Gasteiger partial charge is 0.295 e. The van der Waals surface area contributed by atoms with Crippen molar-refractivity contribution in [1.82, 2.24) is 15.2 Å². The van der Waals surface area contributed by atoms with Gasteiger partial charge < -0.3 is 0 Å². The van der Waals surface area contributed by atoms with Gasteiger partial charge in [0, 0.05) is 11.0 Å². The number of fused-ring (bicyclic) bond motifs is 7. The van der Waals surface area contributed by atoms with E-state index in [1.165, 1.54) is 68.1 Å². The third kappa shape index (κ3) is 3.77. The Morgan fingerprint density at radius 2 is 1.63 bits per heavy atom. The molecule has 5 aliphatic rings. The summed E-state index contributed by atoms with van der Waals surface area (Å²) in [6, 6.07) is 8.42. The average Bonchev–Trinajstić information content (AvgIpc) is 3.63. The third-order valence-corrected chi connectivity index (χ3v) is 15.1. The Bertz CT molecular complexity index is 1470. The third-order valence-electron chi connectivity index (χ3n) is 15.1. The molecule has 7 rings (SSSR count). The van der Waals surface area contributed by atoms with Crippen LogP contribution >= 0.6 is 0 Å². The molecule has 4 saturated carbocycles. The molecule has 0 unspecified atom stereocenters. The highest BCUT2D eigenvalue weighted by molar-refractivity contribution is 5.94. The van der Waals surface area contributed by atoms with Crippen molar-refractivity contribution in [2.75, 3.05) is 0 Å².